The van der Waals surface area contributed by atoms with Crippen LogP contribution in [0.4, 0.5) is 0 Å². The molecule has 1 fully saturated rings. The number of sulfonamides is 1. The molecule has 31 heavy (non-hydrogen) atoms. The first-order valence-corrected chi connectivity index (χ1v) is 12.5. The first-order valence-electron chi connectivity index (χ1n) is 11.1. The molecule has 168 valence electrons. The smallest absolute Gasteiger partial charge is 0.243 e. The van der Waals surface area contributed by atoms with Crippen molar-refractivity contribution < 1.29 is 13.2 Å². The highest BCUT2D eigenvalue weighted by Gasteiger charge is 2.33. The summed E-state index contributed by atoms with van der Waals surface area (Å²) in [5, 5.41) is 3.13. The molecular formula is C25H34N2O3S. The van der Waals surface area contributed by atoms with Crippen molar-refractivity contribution in [2.24, 2.45) is 11.8 Å². The summed E-state index contributed by atoms with van der Waals surface area (Å²) >= 11 is 0. The average Bonchev–Trinajstić information content (AvgIpc) is 2.74. The molecule has 1 heterocycles. The van der Waals surface area contributed by atoms with Crippen molar-refractivity contribution in [2.45, 2.75) is 51.3 Å². The van der Waals surface area contributed by atoms with E-state index in [1.54, 1.807) is 6.07 Å². The number of benzene rings is 2. The maximum atomic E-state index is 13.1. The van der Waals surface area contributed by atoms with E-state index >= 15 is 0 Å². The Bertz CT molecular complexity index is 995. The number of carbonyl (C=O) groups excluding carboxylic acids is 1. The first-order chi connectivity index (χ1) is 14.7. The Morgan fingerprint density at radius 2 is 1.71 bits per heavy atom. The second kappa shape index (κ2) is 9.96. The number of aryl methyl sites for hydroxylation is 2. The summed E-state index contributed by atoms with van der Waals surface area (Å²) in [7, 11) is -3.53. The molecule has 2 aromatic carbocycles. The summed E-state index contributed by atoms with van der Waals surface area (Å²) in [4.78, 5) is 13.2. The van der Waals surface area contributed by atoms with E-state index < -0.39 is 10.0 Å². The van der Waals surface area contributed by atoms with Crippen LogP contribution in [0.3, 0.4) is 0 Å². The summed E-state index contributed by atoms with van der Waals surface area (Å²) in [5.74, 6) is 0.557. The van der Waals surface area contributed by atoms with Crippen LogP contribution in [0.1, 0.15) is 49.3 Å². The lowest BCUT2D eigenvalue weighted by molar-refractivity contribution is -0.126. The normalized spacial score (nSPS) is 16.9. The van der Waals surface area contributed by atoms with Crippen LogP contribution in [-0.4, -0.2) is 38.3 Å². The van der Waals surface area contributed by atoms with Gasteiger partial charge in [-0.1, -0.05) is 61.9 Å². The molecule has 3 rings (SSSR count). The molecule has 0 spiro atoms. The van der Waals surface area contributed by atoms with Gasteiger partial charge >= 0.3 is 0 Å². The Morgan fingerprint density at radius 3 is 2.29 bits per heavy atom. The Morgan fingerprint density at radius 1 is 1.06 bits per heavy atom. The number of nitrogens with zero attached hydrogens (tertiary/aromatic N) is 1. The minimum atomic E-state index is -3.53. The summed E-state index contributed by atoms with van der Waals surface area (Å²) in [6.45, 7) is 9.47. The summed E-state index contributed by atoms with van der Waals surface area (Å²) in [5.41, 5.74) is 3.04. The number of hydrogen-bond acceptors (Lipinski definition) is 3. The molecule has 1 aliphatic rings. The second-order valence-corrected chi connectivity index (χ2v) is 10.9. The van der Waals surface area contributed by atoms with Gasteiger partial charge in [-0.05, 0) is 49.8 Å². The van der Waals surface area contributed by atoms with Crippen LogP contribution < -0.4 is 5.32 Å². The molecule has 1 amide bonds. The van der Waals surface area contributed by atoms with Crippen LogP contribution in [0, 0.1) is 25.7 Å². The minimum absolute atomic E-state index is 0.0325. The van der Waals surface area contributed by atoms with E-state index in [0.717, 1.165) is 11.1 Å². The molecule has 5 nitrogen and oxygen atoms in total. The monoisotopic (exact) mass is 442 g/mol. The summed E-state index contributed by atoms with van der Waals surface area (Å²) in [6, 6.07) is 15.7. The first kappa shape index (κ1) is 23.5. The van der Waals surface area contributed by atoms with Crippen LogP contribution in [0.15, 0.2) is 53.4 Å². The lowest BCUT2D eigenvalue weighted by Gasteiger charge is -2.31. The van der Waals surface area contributed by atoms with E-state index in [9.17, 15) is 13.2 Å². The van der Waals surface area contributed by atoms with Crippen molar-refractivity contribution in [1.29, 1.82) is 0 Å². The van der Waals surface area contributed by atoms with Crippen molar-refractivity contribution in [2.75, 3.05) is 19.6 Å². The Balaban J connectivity index is 1.58. The zero-order valence-corrected chi connectivity index (χ0v) is 19.8. The van der Waals surface area contributed by atoms with E-state index in [1.165, 1.54) is 9.87 Å². The molecular weight excluding hydrogens is 408 g/mol. The fraction of sp³-hybridized carbons (Fsp3) is 0.480. The van der Waals surface area contributed by atoms with Crippen LogP contribution in [-0.2, 0) is 14.8 Å². The van der Waals surface area contributed by atoms with Gasteiger partial charge in [0.1, 0.15) is 0 Å². The molecule has 0 saturated carbocycles. The number of carbonyl (C=O) groups is 1. The lowest BCUT2D eigenvalue weighted by atomic mass is 9.88. The van der Waals surface area contributed by atoms with Crippen LogP contribution in [0.25, 0.3) is 0 Å². The third-order valence-corrected chi connectivity index (χ3v) is 8.36. The zero-order chi connectivity index (χ0) is 22.6. The largest absolute Gasteiger partial charge is 0.355 e. The predicted molar refractivity (Wildman–Crippen MR) is 124 cm³/mol. The number of hydrogen-bond donors (Lipinski definition) is 1. The Hall–Kier alpha value is -2.18. The van der Waals surface area contributed by atoms with Crippen LogP contribution in [0.2, 0.25) is 0 Å². The molecule has 1 unspecified atom stereocenters. The van der Waals surface area contributed by atoms with E-state index in [4.69, 9.17) is 0 Å². The minimum Gasteiger partial charge on any atom is -0.355 e. The topological polar surface area (TPSA) is 66.5 Å². The highest BCUT2D eigenvalue weighted by molar-refractivity contribution is 7.89. The molecule has 6 heteroatoms. The fourth-order valence-electron chi connectivity index (χ4n) is 4.38. The third kappa shape index (κ3) is 5.55. The number of piperidine rings is 1. The average molecular weight is 443 g/mol. The van der Waals surface area contributed by atoms with Gasteiger partial charge in [0.05, 0.1) is 4.90 Å². The Labute approximate surface area is 186 Å². The van der Waals surface area contributed by atoms with Crippen molar-refractivity contribution in [3.05, 3.63) is 65.2 Å². The quantitative estimate of drug-likeness (QED) is 0.697. The van der Waals surface area contributed by atoms with Crippen molar-refractivity contribution >= 4 is 15.9 Å². The molecule has 0 aliphatic carbocycles. The molecule has 2 aromatic rings. The molecule has 1 atom stereocenters. The van der Waals surface area contributed by atoms with Gasteiger partial charge in [0.15, 0.2) is 0 Å². The van der Waals surface area contributed by atoms with Gasteiger partial charge in [-0.3, -0.25) is 4.79 Å². The van der Waals surface area contributed by atoms with Crippen LogP contribution in [0.5, 0.6) is 0 Å². The molecule has 0 radical (unpaired) electrons. The highest BCUT2D eigenvalue weighted by atomic mass is 32.2. The number of rotatable bonds is 7. The van der Waals surface area contributed by atoms with Crippen LogP contribution >= 0.6 is 0 Å². The molecule has 0 aromatic heterocycles. The standard InChI is InChI=1S/C25H34N2O3S/c1-18(2)23(21-8-6-5-7-9-21)17-26-25(28)22-12-14-27(15-13-22)31(29,30)24-11-10-19(3)16-20(24)4/h5-11,16,18,22-23H,12-15,17H2,1-4H3,(H,26,28). The summed E-state index contributed by atoms with van der Waals surface area (Å²) in [6.07, 6.45) is 1.10. The zero-order valence-electron chi connectivity index (χ0n) is 19.0. The number of nitrogens with one attached hydrogen (secondary N) is 1. The lowest BCUT2D eigenvalue weighted by Crippen LogP contribution is -2.44. The maximum absolute atomic E-state index is 13.1. The van der Waals surface area contributed by atoms with Gasteiger partial charge in [-0.15, -0.1) is 0 Å². The summed E-state index contributed by atoms with van der Waals surface area (Å²) < 4.78 is 27.7. The van der Waals surface area contributed by atoms with E-state index in [-0.39, 0.29) is 17.7 Å². The SMILES string of the molecule is Cc1ccc(S(=O)(=O)N2CCC(C(=O)NCC(c3ccccc3)C(C)C)CC2)c(C)c1. The van der Waals surface area contributed by atoms with Gasteiger partial charge in [-0.2, -0.15) is 4.31 Å². The van der Waals surface area contributed by atoms with Gasteiger partial charge in [0.2, 0.25) is 15.9 Å². The fourth-order valence-corrected chi connectivity index (χ4v) is 6.06. The highest BCUT2D eigenvalue weighted by Crippen LogP contribution is 2.27. The third-order valence-electron chi connectivity index (χ3n) is 6.30. The molecule has 1 saturated heterocycles. The van der Waals surface area contributed by atoms with Gasteiger partial charge in [-0.25, -0.2) is 8.42 Å². The van der Waals surface area contributed by atoms with Gasteiger partial charge in [0.25, 0.3) is 0 Å². The molecule has 0 bridgehead atoms. The second-order valence-electron chi connectivity index (χ2n) is 8.95. The van der Waals surface area contributed by atoms with E-state index in [1.807, 2.05) is 44.2 Å². The molecule has 1 N–H and O–H groups in total. The van der Waals surface area contributed by atoms with E-state index in [2.05, 4.69) is 31.3 Å². The van der Waals surface area contributed by atoms with Crippen molar-refractivity contribution in [3.63, 3.8) is 0 Å². The van der Waals surface area contributed by atoms with E-state index in [0.29, 0.717) is 43.3 Å². The Kier molecular flexibility index (Phi) is 7.55. The van der Waals surface area contributed by atoms with Crippen molar-refractivity contribution in [3.8, 4) is 0 Å². The van der Waals surface area contributed by atoms with Gasteiger partial charge in [0, 0.05) is 31.5 Å². The van der Waals surface area contributed by atoms with Crippen molar-refractivity contribution in [1.82, 2.24) is 9.62 Å². The molecule has 1 aliphatic heterocycles. The predicted octanol–water partition coefficient (Wildman–Crippen LogP) is 4.26. The van der Waals surface area contributed by atoms with Gasteiger partial charge < -0.3 is 5.32 Å². The maximum Gasteiger partial charge on any atom is 0.243 e. The number of amides is 1.